The zero-order valence-corrected chi connectivity index (χ0v) is 15.5. The maximum absolute atomic E-state index is 12.8. The van der Waals surface area contributed by atoms with Crippen molar-refractivity contribution in [2.45, 2.75) is 44.9 Å². The van der Waals surface area contributed by atoms with Gasteiger partial charge in [-0.2, -0.15) is 0 Å². The molecule has 2 fully saturated rings. The van der Waals surface area contributed by atoms with Gasteiger partial charge >= 0.3 is 6.09 Å². The zero-order valence-electron chi connectivity index (χ0n) is 15.5. The molecular weight excluding hydrogens is 340 g/mol. The Labute approximate surface area is 153 Å². The fraction of sp³-hybridized carbons (Fsp3) is 0.765. The molecule has 0 aromatic carbocycles. The first kappa shape index (κ1) is 20.0. The first-order chi connectivity index (χ1) is 12.2. The summed E-state index contributed by atoms with van der Waals surface area (Å²) in [6.07, 6.45) is -0.290. The van der Waals surface area contributed by atoms with Crippen LogP contribution in [0.2, 0.25) is 0 Å². The second-order valence-corrected chi connectivity index (χ2v) is 7.31. The number of carbonyl (C=O) groups is 3. The molecule has 0 bridgehead atoms. The van der Waals surface area contributed by atoms with Crippen molar-refractivity contribution in [1.82, 2.24) is 15.1 Å². The number of hydrogen-bond acceptors (Lipinski definition) is 5. The van der Waals surface area contributed by atoms with Gasteiger partial charge in [0.1, 0.15) is 11.6 Å². The van der Waals surface area contributed by atoms with Crippen LogP contribution in [0, 0.1) is 6.57 Å². The summed E-state index contributed by atoms with van der Waals surface area (Å²) in [5.74, 6) is -0.596. The number of ether oxygens (including phenoxy) is 2. The molecule has 2 rings (SSSR count). The van der Waals surface area contributed by atoms with Crippen LogP contribution in [0.5, 0.6) is 0 Å². The monoisotopic (exact) mass is 366 g/mol. The molecular formula is C17H26N4O5. The smallest absolute Gasteiger partial charge is 0.408 e. The Morgan fingerprint density at radius 2 is 2.00 bits per heavy atom. The van der Waals surface area contributed by atoms with Crippen molar-refractivity contribution in [3.05, 3.63) is 11.4 Å². The summed E-state index contributed by atoms with van der Waals surface area (Å²) < 4.78 is 10.4. The van der Waals surface area contributed by atoms with Crippen LogP contribution in [0.4, 0.5) is 4.79 Å². The average molecular weight is 366 g/mol. The third kappa shape index (κ3) is 5.08. The lowest BCUT2D eigenvalue weighted by Crippen LogP contribution is -2.55. The van der Waals surface area contributed by atoms with Gasteiger partial charge in [0.2, 0.25) is 12.5 Å². The second kappa shape index (κ2) is 8.36. The number of morpholine rings is 1. The van der Waals surface area contributed by atoms with Crippen LogP contribution in [0.1, 0.15) is 27.2 Å². The fourth-order valence-corrected chi connectivity index (χ4v) is 2.99. The van der Waals surface area contributed by atoms with Crippen molar-refractivity contribution in [2.24, 2.45) is 0 Å². The topological polar surface area (TPSA) is 92.5 Å². The number of carbonyl (C=O) groups excluding carboxylic acids is 3. The maximum Gasteiger partial charge on any atom is 0.408 e. The standard InChI is InChI=1S/C17H26N4O5/c1-17(2,3)26-16(24)19-12-5-6-21(14(12)22)13(11-18-4)15(23)20-7-9-25-10-8-20/h12-13H,5-11H2,1-3H3,(H,19,24)/t12-,13-/m0/s1. The Balaban J connectivity index is 2.01. The van der Waals surface area contributed by atoms with E-state index in [1.807, 2.05) is 0 Å². The summed E-state index contributed by atoms with van der Waals surface area (Å²) >= 11 is 0. The highest BCUT2D eigenvalue weighted by Gasteiger charge is 2.43. The lowest BCUT2D eigenvalue weighted by Gasteiger charge is -2.32. The lowest BCUT2D eigenvalue weighted by atomic mass is 10.2. The van der Waals surface area contributed by atoms with E-state index in [4.69, 9.17) is 16.0 Å². The predicted molar refractivity (Wildman–Crippen MR) is 92.1 cm³/mol. The molecule has 2 aliphatic rings. The molecule has 26 heavy (non-hydrogen) atoms. The molecule has 3 amide bonds. The summed E-state index contributed by atoms with van der Waals surface area (Å²) in [4.78, 5) is 43.7. The van der Waals surface area contributed by atoms with Gasteiger partial charge in [-0.15, -0.1) is 0 Å². The highest BCUT2D eigenvalue weighted by Crippen LogP contribution is 2.18. The minimum atomic E-state index is -0.830. The van der Waals surface area contributed by atoms with E-state index in [0.29, 0.717) is 39.3 Å². The van der Waals surface area contributed by atoms with Crippen LogP contribution in [-0.2, 0) is 19.1 Å². The third-order valence-electron chi connectivity index (χ3n) is 4.18. The highest BCUT2D eigenvalue weighted by atomic mass is 16.6. The van der Waals surface area contributed by atoms with Gasteiger partial charge in [0.25, 0.3) is 5.91 Å². The quantitative estimate of drug-likeness (QED) is 0.721. The molecule has 0 saturated carbocycles. The second-order valence-electron chi connectivity index (χ2n) is 7.31. The molecule has 9 heteroatoms. The summed E-state index contributed by atoms with van der Waals surface area (Å²) in [6, 6.07) is -1.57. The van der Waals surface area contributed by atoms with Crippen LogP contribution in [0.25, 0.3) is 4.85 Å². The number of amides is 3. The summed E-state index contributed by atoms with van der Waals surface area (Å²) in [5, 5.41) is 2.56. The molecule has 0 aromatic rings. The average Bonchev–Trinajstić information content (AvgIpc) is 2.92. The molecule has 0 unspecified atom stereocenters. The molecule has 0 aromatic heterocycles. The van der Waals surface area contributed by atoms with Crippen LogP contribution >= 0.6 is 0 Å². The lowest BCUT2D eigenvalue weighted by molar-refractivity contribution is -0.146. The number of rotatable bonds is 4. The van der Waals surface area contributed by atoms with Crippen molar-refractivity contribution < 1.29 is 23.9 Å². The predicted octanol–water partition coefficient (Wildman–Crippen LogP) is 0.259. The van der Waals surface area contributed by atoms with E-state index in [2.05, 4.69) is 10.2 Å². The SMILES string of the molecule is [C-]#[N+]C[C@@H](C(=O)N1CCOCC1)N1CC[C@H](NC(=O)OC(C)(C)C)C1=O. The van der Waals surface area contributed by atoms with Gasteiger partial charge in [0.15, 0.2) is 6.04 Å². The third-order valence-corrected chi connectivity index (χ3v) is 4.18. The van der Waals surface area contributed by atoms with Crippen LogP contribution < -0.4 is 5.32 Å². The van der Waals surface area contributed by atoms with E-state index >= 15 is 0 Å². The van der Waals surface area contributed by atoms with Gasteiger partial charge in [0.05, 0.1) is 13.2 Å². The first-order valence-electron chi connectivity index (χ1n) is 8.72. The largest absolute Gasteiger partial charge is 0.444 e. The van der Waals surface area contributed by atoms with Crippen LogP contribution in [-0.4, -0.2) is 84.8 Å². The van der Waals surface area contributed by atoms with Crippen molar-refractivity contribution in [1.29, 1.82) is 0 Å². The summed E-state index contributed by atoms with van der Waals surface area (Å²) in [6.45, 7) is 14.4. The Bertz CT molecular complexity index is 589. The normalized spacial score (nSPS) is 21.9. The number of hydrogen-bond donors (Lipinski definition) is 1. The molecule has 0 radical (unpaired) electrons. The minimum absolute atomic E-state index is 0.0961. The summed E-state index contributed by atoms with van der Waals surface area (Å²) in [7, 11) is 0. The van der Waals surface area contributed by atoms with E-state index in [9.17, 15) is 14.4 Å². The number of nitrogens with zero attached hydrogens (tertiary/aromatic N) is 3. The molecule has 2 heterocycles. The number of nitrogens with one attached hydrogen (secondary N) is 1. The van der Waals surface area contributed by atoms with Crippen molar-refractivity contribution in [3.8, 4) is 0 Å². The highest BCUT2D eigenvalue weighted by molar-refractivity contribution is 5.93. The Kier molecular flexibility index (Phi) is 6.42. The minimum Gasteiger partial charge on any atom is -0.444 e. The molecule has 144 valence electrons. The molecule has 2 atom stereocenters. The van der Waals surface area contributed by atoms with Gasteiger partial charge in [-0.1, -0.05) is 0 Å². The van der Waals surface area contributed by atoms with E-state index in [1.54, 1.807) is 25.7 Å². The van der Waals surface area contributed by atoms with Gasteiger partial charge in [-0.3, -0.25) is 9.59 Å². The van der Waals surface area contributed by atoms with Crippen molar-refractivity contribution in [2.75, 3.05) is 39.4 Å². The first-order valence-corrected chi connectivity index (χ1v) is 8.72. The van der Waals surface area contributed by atoms with Gasteiger partial charge in [-0.25, -0.2) is 11.4 Å². The van der Waals surface area contributed by atoms with Gasteiger partial charge in [0, 0.05) is 19.6 Å². The fourth-order valence-electron chi connectivity index (χ4n) is 2.99. The Morgan fingerprint density at radius 1 is 1.35 bits per heavy atom. The van der Waals surface area contributed by atoms with Gasteiger partial charge in [-0.05, 0) is 27.2 Å². The molecule has 1 N–H and O–H groups in total. The molecule has 0 spiro atoms. The molecule has 2 aliphatic heterocycles. The zero-order chi connectivity index (χ0) is 19.3. The van der Waals surface area contributed by atoms with Gasteiger partial charge < -0.3 is 29.4 Å². The molecule has 2 saturated heterocycles. The van der Waals surface area contributed by atoms with Crippen molar-refractivity contribution >= 4 is 17.9 Å². The van der Waals surface area contributed by atoms with E-state index in [0.717, 1.165) is 0 Å². The molecule has 9 nitrogen and oxygen atoms in total. The van der Waals surface area contributed by atoms with E-state index in [-0.39, 0.29) is 18.4 Å². The Morgan fingerprint density at radius 3 is 2.58 bits per heavy atom. The number of alkyl carbamates (subject to hydrolysis) is 1. The van der Waals surface area contributed by atoms with Crippen LogP contribution in [0.3, 0.4) is 0 Å². The van der Waals surface area contributed by atoms with E-state index < -0.39 is 23.8 Å². The molecule has 0 aliphatic carbocycles. The number of likely N-dealkylation sites (tertiary alicyclic amines) is 1. The van der Waals surface area contributed by atoms with E-state index in [1.165, 1.54) is 4.90 Å². The van der Waals surface area contributed by atoms with Crippen molar-refractivity contribution in [3.63, 3.8) is 0 Å². The van der Waals surface area contributed by atoms with Crippen LogP contribution in [0.15, 0.2) is 0 Å². The Hall–Kier alpha value is -2.34. The summed E-state index contributed by atoms with van der Waals surface area (Å²) in [5.41, 5.74) is -0.662. The maximum atomic E-state index is 12.8.